The largest absolute Gasteiger partial charge is 0.388 e. The summed E-state index contributed by atoms with van der Waals surface area (Å²) in [5, 5.41) is 17.5. The molecule has 0 radical (unpaired) electrons. The number of aromatic nitrogens is 2. The Labute approximate surface area is 131 Å². The van der Waals surface area contributed by atoms with Crippen LogP contribution >= 0.6 is 0 Å². The number of carbonyl (C=O) groups excluding carboxylic acids is 1. The van der Waals surface area contributed by atoms with Crippen LogP contribution in [0.4, 0.5) is 0 Å². The zero-order valence-corrected chi connectivity index (χ0v) is 14.1. The molecular formula is C16H27N3O3. The fourth-order valence-electron chi connectivity index (χ4n) is 3.05. The Morgan fingerprint density at radius 3 is 2.68 bits per heavy atom. The molecule has 22 heavy (non-hydrogen) atoms. The van der Waals surface area contributed by atoms with Gasteiger partial charge in [0.05, 0.1) is 23.5 Å². The van der Waals surface area contributed by atoms with Gasteiger partial charge in [-0.3, -0.25) is 9.48 Å². The van der Waals surface area contributed by atoms with Crippen molar-refractivity contribution in [2.75, 3.05) is 6.54 Å². The first-order chi connectivity index (χ1) is 10.3. The molecule has 2 N–H and O–H groups in total. The zero-order valence-electron chi connectivity index (χ0n) is 14.1. The summed E-state index contributed by atoms with van der Waals surface area (Å²) in [7, 11) is 1.83. The molecule has 2 heterocycles. The topological polar surface area (TPSA) is 76.4 Å². The Hall–Kier alpha value is -1.40. The van der Waals surface area contributed by atoms with Crippen LogP contribution in [0.5, 0.6) is 0 Å². The summed E-state index contributed by atoms with van der Waals surface area (Å²) < 4.78 is 7.53. The fraction of sp³-hybridized carbons (Fsp3) is 0.750. The van der Waals surface area contributed by atoms with Gasteiger partial charge in [0, 0.05) is 25.6 Å². The molecule has 1 aromatic rings. The van der Waals surface area contributed by atoms with Crippen molar-refractivity contribution in [1.29, 1.82) is 0 Å². The summed E-state index contributed by atoms with van der Waals surface area (Å²) in [6.45, 7) is 8.05. The molecule has 6 nitrogen and oxygen atoms in total. The van der Waals surface area contributed by atoms with Crippen LogP contribution in [-0.2, 0) is 18.2 Å². The smallest absolute Gasteiger partial charge is 0.272 e. The number of nitrogens with zero attached hydrogens (tertiary/aromatic N) is 2. The van der Waals surface area contributed by atoms with Crippen molar-refractivity contribution >= 4 is 5.91 Å². The van der Waals surface area contributed by atoms with Gasteiger partial charge in [-0.2, -0.15) is 5.10 Å². The van der Waals surface area contributed by atoms with E-state index in [1.165, 1.54) is 0 Å². The van der Waals surface area contributed by atoms with E-state index in [9.17, 15) is 9.90 Å². The lowest BCUT2D eigenvalue weighted by Gasteiger charge is -2.27. The molecule has 0 bridgehead atoms. The molecule has 1 aliphatic heterocycles. The number of nitrogens with one attached hydrogen (secondary N) is 1. The van der Waals surface area contributed by atoms with E-state index in [0.29, 0.717) is 25.0 Å². The number of amides is 1. The molecule has 1 aliphatic rings. The van der Waals surface area contributed by atoms with Crippen molar-refractivity contribution in [2.45, 2.75) is 64.8 Å². The molecule has 0 aromatic carbocycles. The third-order valence-corrected chi connectivity index (χ3v) is 4.62. The molecule has 0 fully saturated rings. The van der Waals surface area contributed by atoms with Crippen LogP contribution in [0.3, 0.4) is 0 Å². The van der Waals surface area contributed by atoms with E-state index in [-0.39, 0.29) is 24.7 Å². The van der Waals surface area contributed by atoms with Gasteiger partial charge in [-0.05, 0) is 26.7 Å². The predicted octanol–water partition coefficient (Wildman–Crippen LogP) is 1.72. The van der Waals surface area contributed by atoms with Gasteiger partial charge in [-0.1, -0.05) is 13.8 Å². The SMILES string of the molecule is CCC(O)(CC)CNC(=O)c1nn(C)c2c1C[C@H](C)O[C@@H]2C. The van der Waals surface area contributed by atoms with Gasteiger partial charge < -0.3 is 15.2 Å². The minimum atomic E-state index is -0.853. The third-order valence-electron chi connectivity index (χ3n) is 4.62. The van der Waals surface area contributed by atoms with Gasteiger partial charge in [0.25, 0.3) is 5.91 Å². The predicted molar refractivity (Wildman–Crippen MR) is 83.7 cm³/mol. The lowest BCUT2D eigenvalue weighted by atomic mass is 9.97. The summed E-state index contributed by atoms with van der Waals surface area (Å²) in [6, 6.07) is 0. The highest BCUT2D eigenvalue weighted by Gasteiger charge is 2.32. The highest BCUT2D eigenvalue weighted by atomic mass is 16.5. The standard InChI is InChI=1S/C16H27N3O3/c1-6-16(21,7-2)9-17-15(20)13-12-8-10(3)22-11(4)14(12)19(5)18-13/h10-11,21H,6-9H2,1-5H3,(H,17,20)/t10-,11+/m0/s1. The highest BCUT2D eigenvalue weighted by molar-refractivity contribution is 5.94. The maximum Gasteiger partial charge on any atom is 0.272 e. The second-order valence-corrected chi connectivity index (χ2v) is 6.24. The Balaban J connectivity index is 2.20. The normalized spacial score (nSPS) is 21.5. The van der Waals surface area contributed by atoms with Crippen LogP contribution in [0, 0.1) is 0 Å². The van der Waals surface area contributed by atoms with Gasteiger partial charge in [-0.15, -0.1) is 0 Å². The molecular weight excluding hydrogens is 282 g/mol. The Bertz CT molecular complexity index is 549. The number of carbonyl (C=O) groups is 1. The Morgan fingerprint density at radius 2 is 2.09 bits per heavy atom. The van der Waals surface area contributed by atoms with Crippen LogP contribution in [-0.4, -0.2) is 39.0 Å². The number of rotatable bonds is 5. The number of hydrogen-bond acceptors (Lipinski definition) is 4. The number of hydrogen-bond donors (Lipinski definition) is 2. The van der Waals surface area contributed by atoms with E-state index < -0.39 is 5.60 Å². The second kappa shape index (κ2) is 6.38. The van der Waals surface area contributed by atoms with Crippen LogP contribution in [0.1, 0.15) is 68.4 Å². The van der Waals surface area contributed by atoms with Crippen molar-refractivity contribution in [1.82, 2.24) is 15.1 Å². The lowest BCUT2D eigenvalue weighted by Crippen LogP contribution is -2.42. The molecule has 0 saturated carbocycles. The lowest BCUT2D eigenvalue weighted by molar-refractivity contribution is -0.00905. The first-order valence-electron chi connectivity index (χ1n) is 8.03. The molecule has 0 unspecified atom stereocenters. The maximum atomic E-state index is 12.5. The quantitative estimate of drug-likeness (QED) is 0.868. The average molecular weight is 309 g/mol. The zero-order chi connectivity index (χ0) is 16.5. The van der Waals surface area contributed by atoms with Crippen LogP contribution < -0.4 is 5.32 Å². The van der Waals surface area contributed by atoms with Gasteiger partial charge in [0.15, 0.2) is 5.69 Å². The molecule has 6 heteroatoms. The monoisotopic (exact) mass is 309 g/mol. The molecule has 2 rings (SSSR count). The minimum absolute atomic E-state index is 0.0685. The van der Waals surface area contributed by atoms with Gasteiger partial charge >= 0.3 is 0 Å². The summed E-state index contributed by atoms with van der Waals surface area (Å²) in [5.41, 5.74) is 1.52. The molecule has 2 atom stereocenters. The Morgan fingerprint density at radius 1 is 1.45 bits per heavy atom. The van der Waals surface area contributed by atoms with Crippen molar-refractivity contribution in [3.05, 3.63) is 17.0 Å². The molecule has 0 spiro atoms. The van der Waals surface area contributed by atoms with E-state index >= 15 is 0 Å². The van der Waals surface area contributed by atoms with Crippen LogP contribution in [0.25, 0.3) is 0 Å². The van der Waals surface area contributed by atoms with Crippen molar-refractivity contribution in [2.24, 2.45) is 7.05 Å². The number of aryl methyl sites for hydroxylation is 1. The van der Waals surface area contributed by atoms with Gasteiger partial charge in [0.2, 0.25) is 0 Å². The van der Waals surface area contributed by atoms with Crippen molar-refractivity contribution in [3.63, 3.8) is 0 Å². The Kier molecular flexibility index (Phi) is 4.92. The van der Waals surface area contributed by atoms with E-state index in [2.05, 4.69) is 10.4 Å². The van der Waals surface area contributed by atoms with Crippen molar-refractivity contribution in [3.8, 4) is 0 Å². The molecule has 0 aliphatic carbocycles. The van der Waals surface area contributed by atoms with E-state index in [1.807, 2.05) is 34.7 Å². The highest BCUT2D eigenvalue weighted by Crippen LogP contribution is 2.31. The van der Waals surface area contributed by atoms with E-state index in [0.717, 1.165) is 11.3 Å². The van der Waals surface area contributed by atoms with E-state index in [4.69, 9.17) is 4.74 Å². The second-order valence-electron chi connectivity index (χ2n) is 6.24. The first kappa shape index (κ1) is 17.0. The fourth-order valence-corrected chi connectivity index (χ4v) is 3.05. The summed E-state index contributed by atoms with van der Waals surface area (Å²) in [6.07, 6.45) is 1.89. The van der Waals surface area contributed by atoms with Crippen LogP contribution in [0.15, 0.2) is 0 Å². The molecule has 124 valence electrons. The average Bonchev–Trinajstić information content (AvgIpc) is 2.81. The maximum absolute atomic E-state index is 12.5. The summed E-state index contributed by atoms with van der Waals surface area (Å²) in [4.78, 5) is 12.5. The number of fused-ring (bicyclic) bond motifs is 1. The first-order valence-corrected chi connectivity index (χ1v) is 8.03. The van der Waals surface area contributed by atoms with E-state index in [1.54, 1.807) is 4.68 Å². The third kappa shape index (κ3) is 3.17. The van der Waals surface area contributed by atoms with Crippen molar-refractivity contribution < 1.29 is 14.6 Å². The van der Waals surface area contributed by atoms with Gasteiger partial charge in [-0.25, -0.2) is 0 Å². The van der Waals surface area contributed by atoms with Gasteiger partial charge in [0.1, 0.15) is 0 Å². The molecule has 1 aromatic heterocycles. The summed E-state index contributed by atoms with van der Waals surface area (Å²) >= 11 is 0. The minimum Gasteiger partial charge on any atom is -0.388 e. The molecule has 0 saturated heterocycles. The molecule has 1 amide bonds. The summed E-state index contributed by atoms with van der Waals surface area (Å²) in [5.74, 6) is -0.224. The number of aliphatic hydroxyl groups is 1. The number of ether oxygens (including phenoxy) is 1. The van der Waals surface area contributed by atoms with Crippen LogP contribution in [0.2, 0.25) is 0 Å².